The van der Waals surface area contributed by atoms with Crippen molar-refractivity contribution in [3.8, 4) is 5.75 Å². The number of piperidine rings is 1. The molecule has 142 valence electrons. The SMILES string of the molecule is COc1ccc2[nH]c(CN3CCC(c4ccn(C)c(=O)c4)CC3)c(C)c2c1. The monoisotopic (exact) mass is 365 g/mol. The zero-order valence-corrected chi connectivity index (χ0v) is 16.3. The van der Waals surface area contributed by atoms with E-state index in [0.29, 0.717) is 5.92 Å². The van der Waals surface area contributed by atoms with Gasteiger partial charge < -0.3 is 14.3 Å². The molecule has 0 spiro atoms. The quantitative estimate of drug-likeness (QED) is 0.769. The van der Waals surface area contributed by atoms with E-state index in [1.807, 2.05) is 12.3 Å². The van der Waals surface area contributed by atoms with Crippen LogP contribution in [0.3, 0.4) is 0 Å². The van der Waals surface area contributed by atoms with Crippen LogP contribution in [0.2, 0.25) is 0 Å². The highest BCUT2D eigenvalue weighted by molar-refractivity contribution is 5.85. The number of rotatable bonds is 4. The highest BCUT2D eigenvalue weighted by Gasteiger charge is 2.22. The van der Waals surface area contributed by atoms with Crippen molar-refractivity contribution in [1.82, 2.24) is 14.5 Å². The summed E-state index contributed by atoms with van der Waals surface area (Å²) in [6, 6.07) is 10.1. The van der Waals surface area contributed by atoms with Crippen molar-refractivity contribution in [3.05, 3.63) is 63.7 Å². The van der Waals surface area contributed by atoms with Crippen LogP contribution in [0.4, 0.5) is 0 Å². The second kappa shape index (κ2) is 7.24. The van der Waals surface area contributed by atoms with Crippen molar-refractivity contribution in [2.45, 2.75) is 32.2 Å². The molecule has 0 bridgehead atoms. The topological polar surface area (TPSA) is 50.3 Å². The summed E-state index contributed by atoms with van der Waals surface area (Å²) in [5.41, 5.74) is 5.02. The Bertz CT molecular complexity index is 1010. The Morgan fingerprint density at radius 3 is 2.67 bits per heavy atom. The number of likely N-dealkylation sites (tertiary alicyclic amines) is 1. The molecular formula is C22H27N3O2. The normalized spacial score (nSPS) is 16.1. The van der Waals surface area contributed by atoms with Crippen LogP contribution in [0.25, 0.3) is 10.9 Å². The molecule has 5 heteroatoms. The van der Waals surface area contributed by atoms with Gasteiger partial charge in [0.15, 0.2) is 0 Å². The van der Waals surface area contributed by atoms with Gasteiger partial charge in [0.1, 0.15) is 5.75 Å². The van der Waals surface area contributed by atoms with E-state index in [1.165, 1.54) is 27.7 Å². The minimum atomic E-state index is 0.0825. The fourth-order valence-electron chi connectivity index (χ4n) is 4.11. The van der Waals surface area contributed by atoms with Gasteiger partial charge in [-0.3, -0.25) is 9.69 Å². The maximum absolute atomic E-state index is 11.9. The van der Waals surface area contributed by atoms with Crippen LogP contribution in [0.15, 0.2) is 41.3 Å². The Kier molecular flexibility index (Phi) is 4.79. The largest absolute Gasteiger partial charge is 0.497 e. The zero-order valence-electron chi connectivity index (χ0n) is 16.3. The van der Waals surface area contributed by atoms with Gasteiger partial charge in [0.05, 0.1) is 7.11 Å². The minimum absolute atomic E-state index is 0.0825. The zero-order chi connectivity index (χ0) is 19.0. The van der Waals surface area contributed by atoms with E-state index < -0.39 is 0 Å². The molecule has 0 amide bonds. The third kappa shape index (κ3) is 3.52. The Balaban J connectivity index is 1.44. The number of ether oxygens (including phenoxy) is 1. The third-order valence-corrected chi connectivity index (χ3v) is 5.94. The number of aromatic amines is 1. The average Bonchev–Trinajstić information content (AvgIpc) is 2.99. The van der Waals surface area contributed by atoms with Crippen LogP contribution >= 0.6 is 0 Å². The molecule has 0 atom stereocenters. The first-order valence-corrected chi connectivity index (χ1v) is 9.59. The van der Waals surface area contributed by atoms with Crippen LogP contribution in [0.5, 0.6) is 5.75 Å². The van der Waals surface area contributed by atoms with Gasteiger partial charge in [0.2, 0.25) is 0 Å². The van der Waals surface area contributed by atoms with Crippen LogP contribution in [-0.4, -0.2) is 34.7 Å². The van der Waals surface area contributed by atoms with E-state index >= 15 is 0 Å². The van der Waals surface area contributed by atoms with Gasteiger partial charge in [-0.2, -0.15) is 0 Å². The lowest BCUT2D eigenvalue weighted by Crippen LogP contribution is -2.33. The average molecular weight is 365 g/mol. The first-order chi connectivity index (χ1) is 13.0. The van der Waals surface area contributed by atoms with Crippen LogP contribution < -0.4 is 10.3 Å². The first-order valence-electron chi connectivity index (χ1n) is 9.59. The molecule has 2 aromatic heterocycles. The number of aryl methyl sites for hydroxylation is 2. The van der Waals surface area contributed by atoms with E-state index in [1.54, 1.807) is 24.8 Å². The Morgan fingerprint density at radius 1 is 1.19 bits per heavy atom. The van der Waals surface area contributed by atoms with E-state index in [0.717, 1.165) is 38.2 Å². The molecule has 0 radical (unpaired) electrons. The predicted molar refractivity (Wildman–Crippen MR) is 109 cm³/mol. The van der Waals surface area contributed by atoms with Crippen molar-refractivity contribution in [2.75, 3.05) is 20.2 Å². The van der Waals surface area contributed by atoms with Gasteiger partial charge in [0, 0.05) is 42.5 Å². The van der Waals surface area contributed by atoms with Crippen molar-refractivity contribution < 1.29 is 4.74 Å². The Hall–Kier alpha value is -2.53. The highest BCUT2D eigenvalue weighted by atomic mass is 16.5. The number of nitrogens with zero attached hydrogens (tertiary/aromatic N) is 2. The molecule has 1 aromatic carbocycles. The Morgan fingerprint density at radius 2 is 1.96 bits per heavy atom. The summed E-state index contributed by atoms with van der Waals surface area (Å²) in [6.07, 6.45) is 4.08. The molecular weight excluding hydrogens is 338 g/mol. The molecule has 27 heavy (non-hydrogen) atoms. The molecule has 0 saturated carbocycles. The van der Waals surface area contributed by atoms with E-state index in [-0.39, 0.29) is 5.56 Å². The molecule has 1 aliphatic heterocycles. The van der Waals surface area contributed by atoms with E-state index in [2.05, 4.69) is 35.0 Å². The fourth-order valence-corrected chi connectivity index (χ4v) is 4.11. The highest BCUT2D eigenvalue weighted by Crippen LogP contribution is 2.30. The maximum Gasteiger partial charge on any atom is 0.250 e. The van der Waals surface area contributed by atoms with Crippen molar-refractivity contribution in [2.24, 2.45) is 7.05 Å². The lowest BCUT2D eigenvalue weighted by atomic mass is 9.90. The number of pyridine rings is 1. The van der Waals surface area contributed by atoms with Crippen LogP contribution in [0, 0.1) is 6.92 Å². The lowest BCUT2D eigenvalue weighted by molar-refractivity contribution is 0.202. The molecule has 1 aliphatic rings. The number of aromatic nitrogens is 2. The van der Waals surface area contributed by atoms with Gasteiger partial charge in [-0.05, 0) is 74.2 Å². The molecule has 4 rings (SSSR count). The summed E-state index contributed by atoms with van der Waals surface area (Å²) in [4.78, 5) is 18.0. The second-order valence-corrected chi connectivity index (χ2v) is 7.60. The number of hydrogen-bond acceptors (Lipinski definition) is 3. The molecule has 0 aliphatic carbocycles. The number of nitrogens with one attached hydrogen (secondary N) is 1. The molecule has 1 fully saturated rings. The van der Waals surface area contributed by atoms with Crippen LogP contribution in [-0.2, 0) is 13.6 Å². The molecule has 3 heterocycles. The number of methoxy groups -OCH3 is 1. The second-order valence-electron chi connectivity index (χ2n) is 7.60. The van der Waals surface area contributed by atoms with Crippen molar-refractivity contribution in [3.63, 3.8) is 0 Å². The minimum Gasteiger partial charge on any atom is -0.497 e. The lowest BCUT2D eigenvalue weighted by Gasteiger charge is -2.32. The van der Waals surface area contributed by atoms with E-state index in [4.69, 9.17) is 4.74 Å². The molecule has 1 N–H and O–H groups in total. The van der Waals surface area contributed by atoms with Crippen molar-refractivity contribution in [1.29, 1.82) is 0 Å². The number of fused-ring (bicyclic) bond motifs is 1. The summed E-state index contributed by atoms with van der Waals surface area (Å²) in [7, 11) is 3.50. The molecule has 3 aromatic rings. The van der Waals surface area contributed by atoms with Gasteiger partial charge in [-0.15, -0.1) is 0 Å². The fraction of sp³-hybridized carbons (Fsp3) is 0.409. The predicted octanol–water partition coefficient (Wildman–Crippen LogP) is 3.56. The summed E-state index contributed by atoms with van der Waals surface area (Å²) in [5.74, 6) is 1.38. The smallest absolute Gasteiger partial charge is 0.250 e. The number of hydrogen-bond donors (Lipinski definition) is 1. The number of H-pyrrole nitrogens is 1. The summed E-state index contributed by atoms with van der Waals surface area (Å²) in [6.45, 7) is 5.22. The summed E-state index contributed by atoms with van der Waals surface area (Å²) >= 11 is 0. The van der Waals surface area contributed by atoms with Crippen molar-refractivity contribution >= 4 is 10.9 Å². The van der Waals surface area contributed by atoms with Gasteiger partial charge in [-0.25, -0.2) is 0 Å². The molecule has 5 nitrogen and oxygen atoms in total. The summed E-state index contributed by atoms with van der Waals surface area (Å²) in [5, 5.41) is 1.24. The van der Waals surface area contributed by atoms with E-state index in [9.17, 15) is 4.79 Å². The Labute approximate surface area is 159 Å². The first kappa shape index (κ1) is 17.9. The third-order valence-electron chi connectivity index (χ3n) is 5.94. The van der Waals surface area contributed by atoms with Gasteiger partial charge >= 0.3 is 0 Å². The molecule has 1 saturated heterocycles. The summed E-state index contributed by atoms with van der Waals surface area (Å²) < 4.78 is 6.99. The van der Waals surface area contributed by atoms with Gasteiger partial charge in [0.25, 0.3) is 5.56 Å². The maximum atomic E-state index is 11.9. The van der Waals surface area contributed by atoms with Crippen LogP contribution in [0.1, 0.15) is 35.6 Å². The van der Waals surface area contributed by atoms with Gasteiger partial charge in [-0.1, -0.05) is 0 Å². The molecule has 0 unspecified atom stereocenters. The standard InChI is InChI=1S/C22H27N3O2/c1-15-19-13-18(27-3)4-5-20(19)23-21(15)14-25-10-7-16(8-11-25)17-6-9-24(2)22(26)12-17/h4-6,9,12-13,16,23H,7-8,10-11,14H2,1-3H3. The number of benzene rings is 1.